The molecule has 1 atom stereocenters. The number of aromatic nitrogens is 3. The van der Waals surface area contributed by atoms with E-state index in [-0.39, 0.29) is 6.61 Å². The van der Waals surface area contributed by atoms with Crippen molar-refractivity contribution in [3.05, 3.63) is 11.9 Å². The zero-order chi connectivity index (χ0) is 11.2. The summed E-state index contributed by atoms with van der Waals surface area (Å²) in [6.45, 7) is 3.04. The molecule has 1 aliphatic heterocycles. The van der Waals surface area contributed by atoms with Crippen molar-refractivity contribution in [2.45, 2.75) is 32.0 Å². The molecule has 1 aromatic heterocycles. The molecule has 0 amide bonds. The van der Waals surface area contributed by atoms with Crippen molar-refractivity contribution in [3.8, 4) is 0 Å². The number of nitrogens with zero attached hydrogens (tertiary/aromatic N) is 3. The number of nitrogens with one attached hydrogen (secondary N) is 1. The summed E-state index contributed by atoms with van der Waals surface area (Å²) < 4.78 is 7.14. The molecule has 0 bridgehead atoms. The van der Waals surface area contributed by atoms with Gasteiger partial charge in [0.15, 0.2) is 0 Å². The Balaban J connectivity index is 1.67. The first-order chi connectivity index (χ1) is 7.88. The molecule has 1 aromatic rings. The first-order valence-corrected chi connectivity index (χ1v) is 5.70. The standard InChI is InChI=1S/C10H18N4O2/c15-4-3-14-8-9(12-13-14)6-11-7-10-2-1-5-16-10/h8,10-11,15H,1-7H2. The van der Waals surface area contributed by atoms with E-state index in [1.54, 1.807) is 4.68 Å². The van der Waals surface area contributed by atoms with Crippen LogP contribution < -0.4 is 5.32 Å². The SMILES string of the molecule is OCCn1cc(CNCC2CCCO2)nn1. The van der Waals surface area contributed by atoms with Crippen LogP contribution in [0.4, 0.5) is 0 Å². The maximum absolute atomic E-state index is 8.73. The summed E-state index contributed by atoms with van der Waals surface area (Å²) in [6, 6.07) is 0. The number of rotatable bonds is 6. The van der Waals surface area contributed by atoms with E-state index < -0.39 is 0 Å². The van der Waals surface area contributed by atoms with Gasteiger partial charge in [-0.3, -0.25) is 0 Å². The summed E-state index contributed by atoms with van der Waals surface area (Å²) >= 11 is 0. The fourth-order valence-corrected chi connectivity index (χ4v) is 1.80. The molecule has 0 aliphatic carbocycles. The van der Waals surface area contributed by atoms with Gasteiger partial charge in [0.05, 0.1) is 24.9 Å². The molecule has 2 heterocycles. The minimum absolute atomic E-state index is 0.0894. The second kappa shape index (κ2) is 5.93. The van der Waals surface area contributed by atoms with Crippen LogP contribution in [-0.4, -0.2) is 46.0 Å². The van der Waals surface area contributed by atoms with Gasteiger partial charge in [0.1, 0.15) is 0 Å². The van der Waals surface area contributed by atoms with Crippen molar-refractivity contribution in [1.82, 2.24) is 20.3 Å². The summed E-state index contributed by atoms with van der Waals surface area (Å²) in [6.07, 6.45) is 4.51. The number of aliphatic hydroxyl groups is 1. The van der Waals surface area contributed by atoms with Crippen LogP contribution in [0.15, 0.2) is 6.20 Å². The summed E-state index contributed by atoms with van der Waals surface area (Å²) in [5.41, 5.74) is 0.895. The Hall–Kier alpha value is -0.980. The molecule has 0 saturated carbocycles. The number of hydrogen-bond donors (Lipinski definition) is 2. The van der Waals surface area contributed by atoms with Gasteiger partial charge in [-0.05, 0) is 12.8 Å². The van der Waals surface area contributed by atoms with E-state index in [0.717, 1.165) is 25.3 Å². The van der Waals surface area contributed by atoms with Crippen LogP contribution in [0.25, 0.3) is 0 Å². The van der Waals surface area contributed by atoms with Gasteiger partial charge in [0, 0.05) is 25.9 Å². The molecule has 1 unspecified atom stereocenters. The topological polar surface area (TPSA) is 72.2 Å². The Bertz CT molecular complexity index is 310. The van der Waals surface area contributed by atoms with E-state index in [4.69, 9.17) is 9.84 Å². The highest BCUT2D eigenvalue weighted by molar-refractivity contribution is 4.91. The molecular weight excluding hydrogens is 208 g/mol. The third-order valence-corrected chi connectivity index (χ3v) is 2.62. The first kappa shape index (κ1) is 11.5. The highest BCUT2D eigenvalue weighted by atomic mass is 16.5. The molecular formula is C10H18N4O2. The average molecular weight is 226 g/mol. The molecule has 2 rings (SSSR count). The molecule has 0 spiro atoms. The lowest BCUT2D eigenvalue weighted by Crippen LogP contribution is -2.25. The monoisotopic (exact) mass is 226 g/mol. The van der Waals surface area contributed by atoms with Gasteiger partial charge >= 0.3 is 0 Å². The minimum atomic E-state index is 0.0894. The van der Waals surface area contributed by atoms with Crippen molar-refractivity contribution in [1.29, 1.82) is 0 Å². The maximum Gasteiger partial charge on any atom is 0.0964 e. The zero-order valence-electron chi connectivity index (χ0n) is 9.30. The first-order valence-electron chi connectivity index (χ1n) is 5.70. The highest BCUT2D eigenvalue weighted by Crippen LogP contribution is 2.10. The largest absolute Gasteiger partial charge is 0.394 e. The van der Waals surface area contributed by atoms with Gasteiger partial charge < -0.3 is 15.2 Å². The fourth-order valence-electron chi connectivity index (χ4n) is 1.80. The van der Waals surface area contributed by atoms with E-state index in [0.29, 0.717) is 19.2 Å². The Labute approximate surface area is 94.6 Å². The van der Waals surface area contributed by atoms with Gasteiger partial charge in [-0.25, -0.2) is 4.68 Å². The average Bonchev–Trinajstić information content (AvgIpc) is 2.90. The van der Waals surface area contributed by atoms with Crippen LogP contribution in [0.2, 0.25) is 0 Å². The van der Waals surface area contributed by atoms with Crippen molar-refractivity contribution in [2.75, 3.05) is 19.8 Å². The lowest BCUT2D eigenvalue weighted by molar-refractivity contribution is 0.110. The van der Waals surface area contributed by atoms with Gasteiger partial charge in [-0.1, -0.05) is 5.21 Å². The number of hydrogen-bond acceptors (Lipinski definition) is 5. The lowest BCUT2D eigenvalue weighted by atomic mass is 10.2. The van der Waals surface area contributed by atoms with Crippen molar-refractivity contribution in [3.63, 3.8) is 0 Å². The normalized spacial score (nSPS) is 20.4. The molecule has 90 valence electrons. The Morgan fingerprint density at radius 1 is 1.62 bits per heavy atom. The van der Waals surface area contributed by atoms with Crippen LogP contribution in [0.3, 0.4) is 0 Å². The Kier molecular flexibility index (Phi) is 4.26. The molecule has 1 fully saturated rings. The molecule has 6 nitrogen and oxygen atoms in total. The molecule has 16 heavy (non-hydrogen) atoms. The molecule has 1 aliphatic rings. The predicted octanol–water partition coefficient (Wildman–Crippen LogP) is -0.461. The quantitative estimate of drug-likeness (QED) is 0.686. The third-order valence-electron chi connectivity index (χ3n) is 2.62. The van der Waals surface area contributed by atoms with Crippen molar-refractivity contribution in [2.24, 2.45) is 0 Å². The van der Waals surface area contributed by atoms with Gasteiger partial charge in [0.2, 0.25) is 0 Å². The van der Waals surface area contributed by atoms with Crippen LogP contribution >= 0.6 is 0 Å². The second-order valence-corrected chi connectivity index (χ2v) is 3.96. The zero-order valence-corrected chi connectivity index (χ0v) is 9.30. The van der Waals surface area contributed by atoms with Crippen molar-refractivity contribution < 1.29 is 9.84 Å². The van der Waals surface area contributed by atoms with E-state index in [1.165, 1.54) is 6.42 Å². The van der Waals surface area contributed by atoms with Crippen LogP contribution in [-0.2, 0) is 17.8 Å². The van der Waals surface area contributed by atoms with E-state index in [9.17, 15) is 0 Å². The lowest BCUT2D eigenvalue weighted by Gasteiger charge is -2.08. The summed E-state index contributed by atoms with van der Waals surface area (Å²) in [4.78, 5) is 0. The van der Waals surface area contributed by atoms with Crippen molar-refractivity contribution >= 4 is 0 Å². The second-order valence-electron chi connectivity index (χ2n) is 3.96. The van der Waals surface area contributed by atoms with Gasteiger partial charge in [0.25, 0.3) is 0 Å². The Morgan fingerprint density at radius 3 is 3.31 bits per heavy atom. The molecule has 0 radical (unpaired) electrons. The van der Waals surface area contributed by atoms with E-state index in [2.05, 4.69) is 15.6 Å². The van der Waals surface area contributed by atoms with Crippen LogP contribution in [0.1, 0.15) is 18.5 Å². The summed E-state index contributed by atoms with van der Waals surface area (Å²) in [7, 11) is 0. The van der Waals surface area contributed by atoms with Gasteiger partial charge in [-0.2, -0.15) is 0 Å². The van der Waals surface area contributed by atoms with E-state index in [1.807, 2.05) is 6.20 Å². The molecule has 6 heteroatoms. The smallest absolute Gasteiger partial charge is 0.0964 e. The summed E-state index contributed by atoms with van der Waals surface area (Å²) in [5.74, 6) is 0. The molecule has 2 N–H and O–H groups in total. The fraction of sp³-hybridized carbons (Fsp3) is 0.800. The molecule has 1 saturated heterocycles. The number of aliphatic hydroxyl groups excluding tert-OH is 1. The highest BCUT2D eigenvalue weighted by Gasteiger charge is 2.14. The van der Waals surface area contributed by atoms with Crippen LogP contribution in [0.5, 0.6) is 0 Å². The minimum Gasteiger partial charge on any atom is -0.394 e. The third kappa shape index (κ3) is 3.26. The maximum atomic E-state index is 8.73. The van der Waals surface area contributed by atoms with Gasteiger partial charge in [-0.15, -0.1) is 5.10 Å². The predicted molar refractivity (Wildman–Crippen MR) is 57.8 cm³/mol. The van der Waals surface area contributed by atoms with E-state index >= 15 is 0 Å². The number of ether oxygens (including phenoxy) is 1. The molecule has 0 aromatic carbocycles. The summed E-state index contributed by atoms with van der Waals surface area (Å²) in [5, 5.41) is 19.9. The van der Waals surface area contributed by atoms with Crippen LogP contribution in [0, 0.1) is 0 Å². The Morgan fingerprint density at radius 2 is 2.56 bits per heavy atom.